The highest BCUT2D eigenvalue weighted by atomic mass is 16.4. The summed E-state index contributed by atoms with van der Waals surface area (Å²) in [5.41, 5.74) is 4.89. The number of carbonyl (C=O) groups is 1. The quantitative estimate of drug-likeness (QED) is 0.345. The summed E-state index contributed by atoms with van der Waals surface area (Å²) in [7, 11) is 0. The van der Waals surface area contributed by atoms with Crippen LogP contribution in [0, 0.1) is 0 Å². The molecule has 0 spiro atoms. The maximum atomic E-state index is 13.0. The van der Waals surface area contributed by atoms with Gasteiger partial charge in [0.05, 0.1) is 5.69 Å². The number of rotatable bonds is 8. The Morgan fingerprint density at radius 2 is 1.81 bits per heavy atom. The Kier molecular flexibility index (Phi) is 6.16. The molecule has 2 aromatic carbocycles. The Labute approximate surface area is 206 Å². The van der Waals surface area contributed by atoms with Crippen LogP contribution in [0.25, 0.3) is 28.2 Å². The van der Waals surface area contributed by atoms with Gasteiger partial charge in [0.25, 0.3) is 5.56 Å². The van der Waals surface area contributed by atoms with E-state index >= 15 is 0 Å². The molecule has 36 heavy (non-hydrogen) atoms. The third-order valence-electron chi connectivity index (χ3n) is 6.18. The van der Waals surface area contributed by atoms with Crippen molar-refractivity contribution in [1.29, 1.82) is 0 Å². The molecule has 0 fully saturated rings. The zero-order chi connectivity index (χ0) is 25.2. The van der Waals surface area contributed by atoms with Crippen molar-refractivity contribution < 1.29 is 9.90 Å². The zero-order valence-electron chi connectivity index (χ0n) is 20.0. The average Bonchev–Trinajstić information content (AvgIpc) is 3.56. The van der Waals surface area contributed by atoms with Gasteiger partial charge in [-0.1, -0.05) is 68.8 Å². The molecule has 10 heteroatoms. The molecule has 0 saturated heterocycles. The van der Waals surface area contributed by atoms with Crippen molar-refractivity contribution in [3.63, 3.8) is 0 Å². The molecular formula is C26H25N7O3. The van der Waals surface area contributed by atoms with Gasteiger partial charge in [-0.05, 0) is 34.7 Å². The van der Waals surface area contributed by atoms with Crippen molar-refractivity contribution in [3.05, 3.63) is 87.5 Å². The summed E-state index contributed by atoms with van der Waals surface area (Å²) in [6.07, 6.45) is 3.57. The van der Waals surface area contributed by atoms with Crippen molar-refractivity contribution in [2.45, 2.75) is 39.7 Å². The summed E-state index contributed by atoms with van der Waals surface area (Å²) in [5, 5.41) is 28.6. The highest BCUT2D eigenvalue weighted by Crippen LogP contribution is 2.30. The number of hydrogen-bond acceptors (Lipinski definition) is 6. The fraction of sp³-hybridized carbons (Fsp3) is 0.231. The number of fused-ring (bicyclic) bond motifs is 1. The molecule has 0 aliphatic carbocycles. The van der Waals surface area contributed by atoms with E-state index in [0.717, 1.165) is 28.7 Å². The molecule has 10 nitrogen and oxygen atoms in total. The standard InChI is InChI=1S/C26H25N7O3/c1-3-7-18-15-32(24-22(26(35)36)21(4-2)29-33(24)25(18)34)14-16-10-12-17(13-11-16)19-8-5-6-9-20(19)23-27-30-31-28-23/h5-6,8-13,15H,3-4,7,14H2,1-2H3,(H,35,36)(H,27,28,30,31). The Morgan fingerprint density at radius 1 is 1.06 bits per heavy atom. The monoisotopic (exact) mass is 483 g/mol. The molecule has 0 amide bonds. The minimum absolute atomic E-state index is 0.0725. The van der Waals surface area contributed by atoms with Crippen LogP contribution in [0.5, 0.6) is 0 Å². The van der Waals surface area contributed by atoms with Crippen LogP contribution in [0.3, 0.4) is 0 Å². The van der Waals surface area contributed by atoms with Crippen LogP contribution in [-0.4, -0.2) is 45.9 Å². The number of aromatic carboxylic acids is 1. The second kappa shape index (κ2) is 9.57. The number of H-pyrrole nitrogens is 1. The minimum Gasteiger partial charge on any atom is -0.477 e. The molecule has 0 bridgehead atoms. The predicted octanol–water partition coefficient (Wildman–Crippen LogP) is 3.60. The van der Waals surface area contributed by atoms with E-state index in [1.54, 1.807) is 6.20 Å². The minimum atomic E-state index is -1.09. The second-order valence-electron chi connectivity index (χ2n) is 8.53. The van der Waals surface area contributed by atoms with E-state index in [4.69, 9.17) is 0 Å². The highest BCUT2D eigenvalue weighted by molar-refractivity contribution is 5.96. The molecule has 3 heterocycles. The van der Waals surface area contributed by atoms with Crippen LogP contribution >= 0.6 is 0 Å². The fourth-order valence-electron chi connectivity index (χ4n) is 4.52. The van der Waals surface area contributed by atoms with Gasteiger partial charge in [0.15, 0.2) is 5.65 Å². The number of aromatic amines is 1. The average molecular weight is 484 g/mol. The van der Waals surface area contributed by atoms with Crippen LogP contribution in [0.4, 0.5) is 0 Å². The zero-order valence-corrected chi connectivity index (χ0v) is 20.0. The van der Waals surface area contributed by atoms with Gasteiger partial charge in [0.1, 0.15) is 5.56 Å². The van der Waals surface area contributed by atoms with Gasteiger partial charge >= 0.3 is 5.97 Å². The largest absolute Gasteiger partial charge is 0.477 e. The predicted molar refractivity (Wildman–Crippen MR) is 134 cm³/mol. The maximum Gasteiger partial charge on any atom is 0.341 e. The Balaban J connectivity index is 1.57. The van der Waals surface area contributed by atoms with Gasteiger partial charge in [-0.3, -0.25) is 4.79 Å². The molecule has 0 aliphatic heterocycles. The molecule has 3 aromatic heterocycles. The van der Waals surface area contributed by atoms with E-state index in [9.17, 15) is 14.7 Å². The molecule has 0 atom stereocenters. The van der Waals surface area contributed by atoms with Gasteiger partial charge in [0, 0.05) is 23.9 Å². The van der Waals surface area contributed by atoms with Gasteiger partial charge < -0.3 is 9.67 Å². The topological polar surface area (TPSA) is 131 Å². The molecule has 0 saturated carbocycles. The normalized spacial score (nSPS) is 11.3. The summed E-state index contributed by atoms with van der Waals surface area (Å²) < 4.78 is 3.08. The lowest BCUT2D eigenvalue weighted by molar-refractivity contribution is 0.0697. The fourth-order valence-corrected chi connectivity index (χ4v) is 4.52. The third kappa shape index (κ3) is 4.06. The van der Waals surface area contributed by atoms with Gasteiger partial charge in [0.2, 0.25) is 5.82 Å². The first-order valence-electron chi connectivity index (χ1n) is 11.8. The van der Waals surface area contributed by atoms with Crippen LogP contribution in [0.15, 0.2) is 59.5 Å². The Bertz CT molecular complexity index is 1600. The van der Waals surface area contributed by atoms with Gasteiger partial charge in [-0.25, -0.2) is 4.79 Å². The summed E-state index contributed by atoms with van der Waals surface area (Å²) in [5.74, 6) is -0.575. The molecule has 0 radical (unpaired) electrons. The van der Waals surface area contributed by atoms with E-state index < -0.39 is 5.97 Å². The highest BCUT2D eigenvalue weighted by Gasteiger charge is 2.23. The summed E-state index contributed by atoms with van der Waals surface area (Å²) in [6, 6.07) is 15.8. The first-order valence-corrected chi connectivity index (χ1v) is 11.8. The lowest BCUT2D eigenvalue weighted by Gasteiger charge is -2.13. The van der Waals surface area contributed by atoms with Crippen LogP contribution < -0.4 is 5.56 Å². The van der Waals surface area contributed by atoms with Crippen LogP contribution in [0.1, 0.15) is 47.4 Å². The van der Waals surface area contributed by atoms with Crippen molar-refractivity contribution >= 4 is 11.6 Å². The Hall–Kier alpha value is -4.60. The number of tetrazole rings is 1. The molecule has 0 unspecified atom stereocenters. The number of aryl methyl sites for hydroxylation is 2. The number of carboxylic acids is 1. The smallest absolute Gasteiger partial charge is 0.341 e. The number of hydrogen-bond donors (Lipinski definition) is 2. The first-order chi connectivity index (χ1) is 17.5. The van der Waals surface area contributed by atoms with E-state index in [1.165, 1.54) is 4.52 Å². The maximum absolute atomic E-state index is 13.0. The van der Waals surface area contributed by atoms with Crippen molar-refractivity contribution in [2.24, 2.45) is 0 Å². The molecule has 2 N–H and O–H groups in total. The van der Waals surface area contributed by atoms with E-state index in [-0.39, 0.29) is 11.1 Å². The molecular weight excluding hydrogens is 458 g/mol. The van der Waals surface area contributed by atoms with E-state index in [2.05, 4.69) is 25.7 Å². The number of nitrogens with zero attached hydrogens (tertiary/aromatic N) is 6. The molecule has 182 valence electrons. The SMILES string of the molecule is CCCc1cn(Cc2ccc(-c3ccccc3-c3nn[nH]n3)cc2)c2c(C(=O)O)c(CC)nn2c1=O. The van der Waals surface area contributed by atoms with Crippen LogP contribution in [-0.2, 0) is 19.4 Å². The van der Waals surface area contributed by atoms with Crippen molar-refractivity contribution in [3.8, 4) is 22.5 Å². The summed E-state index contributed by atoms with van der Waals surface area (Å²) in [6.45, 7) is 4.23. The van der Waals surface area contributed by atoms with Crippen LogP contribution in [0.2, 0.25) is 0 Å². The number of aromatic nitrogens is 7. The number of nitrogens with one attached hydrogen (secondary N) is 1. The van der Waals surface area contributed by atoms with Gasteiger partial charge in [-0.15, -0.1) is 10.2 Å². The summed E-state index contributed by atoms with van der Waals surface area (Å²) in [4.78, 5) is 25.2. The van der Waals surface area contributed by atoms with E-state index in [1.807, 2.05) is 66.9 Å². The lowest BCUT2D eigenvalue weighted by atomic mass is 9.98. The number of benzene rings is 2. The summed E-state index contributed by atoms with van der Waals surface area (Å²) >= 11 is 0. The number of carboxylic acid groups (broad SMARTS) is 1. The molecule has 5 rings (SSSR count). The third-order valence-corrected chi connectivity index (χ3v) is 6.18. The lowest BCUT2D eigenvalue weighted by Crippen LogP contribution is -2.24. The first kappa shape index (κ1) is 23.2. The van der Waals surface area contributed by atoms with Crippen molar-refractivity contribution in [2.75, 3.05) is 0 Å². The van der Waals surface area contributed by atoms with Crippen molar-refractivity contribution in [1.82, 2.24) is 34.8 Å². The van der Waals surface area contributed by atoms with E-state index in [0.29, 0.717) is 42.1 Å². The molecule has 5 aromatic rings. The Morgan fingerprint density at radius 3 is 2.44 bits per heavy atom. The molecule has 0 aliphatic rings. The van der Waals surface area contributed by atoms with Gasteiger partial charge in [-0.2, -0.15) is 14.8 Å². The second-order valence-corrected chi connectivity index (χ2v) is 8.53.